The van der Waals surface area contributed by atoms with Crippen molar-refractivity contribution in [1.29, 1.82) is 0 Å². The Labute approximate surface area is 91.6 Å². The first-order chi connectivity index (χ1) is 7.75. The third-order valence-corrected chi connectivity index (χ3v) is 1.97. The fraction of sp³-hybridized carbons (Fsp3) is 0.100. The zero-order chi connectivity index (χ0) is 11.4. The maximum Gasteiger partial charge on any atom is 0.322 e. The molecule has 0 amide bonds. The van der Waals surface area contributed by atoms with Crippen molar-refractivity contribution < 1.29 is 9.90 Å². The van der Waals surface area contributed by atoms with Gasteiger partial charge in [-0.15, -0.1) is 0 Å². The van der Waals surface area contributed by atoms with Crippen LogP contribution in [0.1, 0.15) is 0 Å². The molecule has 0 saturated heterocycles. The number of aliphatic carboxylic acids is 1. The molecular weight excluding hydrogens is 208 g/mol. The molecule has 0 aliphatic heterocycles. The lowest BCUT2D eigenvalue weighted by Crippen LogP contribution is -2.12. The molecule has 0 spiro atoms. The summed E-state index contributed by atoms with van der Waals surface area (Å²) in [5.41, 5.74) is 1.56. The van der Waals surface area contributed by atoms with Crippen LogP contribution in [0.25, 0.3) is 5.69 Å². The minimum atomic E-state index is -0.897. The first-order valence-corrected chi connectivity index (χ1v) is 4.66. The number of hydrogen-bond acceptors (Lipinski definition) is 4. The highest BCUT2D eigenvalue weighted by Crippen LogP contribution is 2.12. The summed E-state index contributed by atoms with van der Waals surface area (Å²) in [5, 5.41) is 15.3. The number of carboxylic acid groups (broad SMARTS) is 1. The molecule has 2 aromatic rings. The highest BCUT2D eigenvalue weighted by molar-refractivity contribution is 5.73. The van der Waals surface area contributed by atoms with Crippen LogP contribution in [0.2, 0.25) is 0 Å². The van der Waals surface area contributed by atoms with Gasteiger partial charge < -0.3 is 10.4 Å². The third-order valence-electron chi connectivity index (χ3n) is 1.97. The van der Waals surface area contributed by atoms with E-state index in [4.69, 9.17) is 5.11 Å². The molecule has 0 saturated carbocycles. The van der Waals surface area contributed by atoms with Crippen molar-refractivity contribution in [2.75, 3.05) is 11.9 Å². The number of nitrogens with zero attached hydrogens (tertiary/aromatic N) is 3. The number of aromatic nitrogens is 3. The standard InChI is InChI=1S/C10H10N4O2/c15-10(16)5-12-8-2-1-3-9(4-8)14-7-11-6-13-14/h1-4,6-7,12H,5H2,(H,15,16). The zero-order valence-corrected chi connectivity index (χ0v) is 8.37. The van der Waals surface area contributed by atoms with E-state index >= 15 is 0 Å². The van der Waals surface area contributed by atoms with Crippen LogP contribution in [0.15, 0.2) is 36.9 Å². The third kappa shape index (κ3) is 2.35. The minimum Gasteiger partial charge on any atom is -0.480 e. The molecule has 2 N–H and O–H groups in total. The quantitative estimate of drug-likeness (QED) is 0.792. The van der Waals surface area contributed by atoms with Gasteiger partial charge in [0.25, 0.3) is 0 Å². The lowest BCUT2D eigenvalue weighted by molar-refractivity contribution is -0.134. The summed E-state index contributed by atoms with van der Waals surface area (Å²) < 4.78 is 1.60. The van der Waals surface area contributed by atoms with Gasteiger partial charge >= 0.3 is 5.97 Å². The smallest absolute Gasteiger partial charge is 0.322 e. The Balaban J connectivity index is 2.17. The summed E-state index contributed by atoms with van der Waals surface area (Å²) in [6, 6.07) is 7.28. The molecule has 0 unspecified atom stereocenters. The minimum absolute atomic E-state index is 0.110. The summed E-state index contributed by atoms with van der Waals surface area (Å²) in [7, 11) is 0. The summed E-state index contributed by atoms with van der Waals surface area (Å²) in [5.74, 6) is -0.897. The Bertz CT molecular complexity index is 481. The number of carbonyl (C=O) groups is 1. The van der Waals surface area contributed by atoms with Crippen LogP contribution in [0, 0.1) is 0 Å². The molecule has 0 fully saturated rings. The Kier molecular flexibility index (Phi) is 2.81. The molecule has 1 aromatic heterocycles. The van der Waals surface area contributed by atoms with Crippen molar-refractivity contribution in [3.63, 3.8) is 0 Å². The van der Waals surface area contributed by atoms with Crippen LogP contribution in [-0.4, -0.2) is 32.4 Å². The normalized spacial score (nSPS) is 10.0. The molecule has 6 nitrogen and oxygen atoms in total. The van der Waals surface area contributed by atoms with E-state index in [1.807, 2.05) is 12.1 Å². The topological polar surface area (TPSA) is 80.0 Å². The van der Waals surface area contributed by atoms with Crippen molar-refractivity contribution in [3.05, 3.63) is 36.9 Å². The Morgan fingerprint density at radius 3 is 3.06 bits per heavy atom. The van der Waals surface area contributed by atoms with E-state index in [1.165, 1.54) is 6.33 Å². The second kappa shape index (κ2) is 4.43. The van der Waals surface area contributed by atoms with E-state index in [0.717, 1.165) is 11.4 Å². The first-order valence-electron chi connectivity index (χ1n) is 4.66. The molecule has 0 aliphatic carbocycles. The largest absolute Gasteiger partial charge is 0.480 e. The molecular formula is C10H10N4O2. The monoisotopic (exact) mass is 218 g/mol. The van der Waals surface area contributed by atoms with Gasteiger partial charge in [0, 0.05) is 5.69 Å². The van der Waals surface area contributed by atoms with E-state index in [9.17, 15) is 4.79 Å². The van der Waals surface area contributed by atoms with E-state index < -0.39 is 5.97 Å². The fourth-order valence-electron chi connectivity index (χ4n) is 1.28. The number of benzene rings is 1. The van der Waals surface area contributed by atoms with Gasteiger partial charge in [0.1, 0.15) is 19.2 Å². The van der Waals surface area contributed by atoms with Crippen molar-refractivity contribution in [2.45, 2.75) is 0 Å². The van der Waals surface area contributed by atoms with Crippen molar-refractivity contribution in [3.8, 4) is 5.69 Å². The maximum atomic E-state index is 10.4. The van der Waals surface area contributed by atoms with Crippen LogP contribution in [-0.2, 0) is 4.79 Å². The molecule has 1 aromatic carbocycles. The Morgan fingerprint density at radius 1 is 1.50 bits per heavy atom. The van der Waals surface area contributed by atoms with Gasteiger partial charge in [0.15, 0.2) is 0 Å². The highest BCUT2D eigenvalue weighted by atomic mass is 16.4. The van der Waals surface area contributed by atoms with E-state index in [2.05, 4.69) is 15.4 Å². The van der Waals surface area contributed by atoms with Crippen molar-refractivity contribution >= 4 is 11.7 Å². The van der Waals surface area contributed by atoms with Gasteiger partial charge in [-0.3, -0.25) is 4.79 Å². The number of nitrogens with one attached hydrogen (secondary N) is 1. The fourth-order valence-corrected chi connectivity index (χ4v) is 1.28. The number of hydrogen-bond donors (Lipinski definition) is 2. The lowest BCUT2D eigenvalue weighted by atomic mass is 10.3. The van der Waals surface area contributed by atoms with Gasteiger partial charge in [-0.2, -0.15) is 5.10 Å². The molecule has 2 rings (SSSR count). The van der Waals surface area contributed by atoms with Crippen molar-refractivity contribution in [1.82, 2.24) is 14.8 Å². The van der Waals surface area contributed by atoms with Crippen molar-refractivity contribution in [2.24, 2.45) is 0 Å². The maximum absolute atomic E-state index is 10.4. The predicted octanol–water partition coefficient (Wildman–Crippen LogP) is 0.764. The second-order valence-electron chi connectivity index (χ2n) is 3.14. The van der Waals surface area contributed by atoms with Crippen LogP contribution < -0.4 is 5.32 Å². The van der Waals surface area contributed by atoms with E-state index in [-0.39, 0.29) is 6.54 Å². The summed E-state index contributed by atoms with van der Waals surface area (Å²) in [6.07, 6.45) is 3.02. The van der Waals surface area contributed by atoms with Gasteiger partial charge in [0.05, 0.1) is 5.69 Å². The molecule has 1 heterocycles. The van der Waals surface area contributed by atoms with Crippen LogP contribution >= 0.6 is 0 Å². The summed E-state index contributed by atoms with van der Waals surface area (Å²) >= 11 is 0. The number of carboxylic acids is 1. The highest BCUT2D eigenvalue weighted by Gasteiger charge is 2.00. The molecule has 82 valence electrons. The lowest BCUT2D eigenvalue weighted by Gasteiger charge is -2.05. The Hall–Kier alpha value is -2.37. The van der Waals surface area contributed by atoms with Gasteiger partial charge in [-0.1, -0.05) is 6.07 Å². The average molecular weight is 218 g/mol. The molecule has 0 aliphatic rings. The molecule has 0 radical (unpaired) electrons. The zero-order valence-electron chi connectivity index (χ0n) is 8.37. The van der Waals surface area contributed by atoms with Crippen LogP contribution in [0.3, 0.4) is 0 Å². The molecule has 0 bridgehead atoms. The molecule has 6 heteroatoms. The molecule has 16 heavy (non-hydrogen) atoms. The van der Waals surface area contributed by atoms with Gasteiger partial charge in [-0.05, 0) is 18.2 Å². The Morgan fingerprint density at radius 2 is 2.38 bits per heavy atom. The summed E-state index contributed by atoms with van der Waals surface area (Å²) in [6.45, 7) is -0.110. The van der Waals surface area contributed by atoms with Gasteiger partial charge in [0.2, 0.25) is 0 Å². The average Bonchev–Trinajstić information content (AvgIpc) is 2.80. The predicted molar refractivity (Wildman–Crippen MR) is 57.5 cm³/mol. The van der Waals surface area contributed by atoms with Gasteiger partial charge in [-0.25, -0.2) is 9.67 Å². The second-order valence-corrected chi connectivity index (χ2v) is 3.14. The van der Waals surface area contributed by atoms with Crippen LogP contribution in [0.5, 0.6) is 0 Å². The SMILES string of the molecule is O=C(O)CNc1cccc(-n2cncn2)c1. The first kappa shape index (κ1) is 10.2. The number of anilines is 1. The number of rotatable bonds is 4. The molecule has 0 atom stereocenters. The van der Waals surface area contributed by atoms with Crippen LogP contribution in [0.4, 0.5) is 5.69 Å². The van der Waals surface area contributed by atoms with E-state index in [0.29, 0.717) is 0 Å². The summed E-state index contributed by atoms with van der Waals surface area (Å²) in [4.78, 5) is 14.2. The van der Waals surface area contributed by atoms with E-state index in [1.54, 1.807) is 23.1 Å².